The molecule has 1 saturated heterocycles. The number of piperidine rings is 1. The molecule has 3 nitrogen and oxygen atoms in total. The molecule has 1 N–H and O–H groups in total. The van der Waals surface area contributed by atoms with E-state index in [1.165, 1.54) is 11.3 Å². The van der Waals surface area contributed by atoms with Crippen LogP contribution in [-0.2, 0) is 11.3 Å². The van der Waals surface area contributed by atoms with Gasteiger partial charge < -0.3 is 5.32 Å². The smallest absolute Gasteiger partial charge is 0.220 e. The largest absolute Gasteiger partial charge is 0.352 e. The van der Waals surface area contributed by atoms with Gasteiger partial charge in [0.15, 0.2) is 0 Å². The fourth-order valence-electron chi connectivity index (χ4n) is 2.47. The lowest BCUT2D eigenvalue weighted by Crippen LogP contribution is -2.47. The van der Waals surface area contributed by atoms with E-state index in [-0.39, 0.29) is 5.91 Å². The van der Waals surface area contributed by atoms with Crippen LogP contribution in [-0.4, -0.2) is 29.9 Å². The summed E-state index contributed by atoms with van der Waals surface area (Å²) in [5.74, 6) is 0.209. The molecule has 0 aliphatic carbocycles. The van der Waals surface area contributed by atoms with Gasteiger partial charge in [0.1, 0.15) is 0 Å². The highest BCUT2D eigenvalue weighted by Gasteiger charge is 2.21. The Morgan fingerprint density at radius 1 is 1.61 bits per heavy atom. The van der Waals surface area contributed by atoms with Crippen molar-refractivity contribution in [2.24, 2.45) is 0 Å². The maximum absolute atomic E-state index is 11.6. The second-order valence-corrected chi connectivity index (χ2v) is 6.00. The van der Waals surface area contributed by atoms with Gasteiger partial charge in [0.05, 0.1) is 0 Å². The predicted octanol–water partition coefficient (Wildman–Crippen LogP) is 2.63. The normalized spacial score (nSPS) is 20.8. The lowest BCUT2D eigenvalue weighted by Gasteiger charge is -2.32. The zero-order chi connectivity index (χ0) is 12.8. The highest BCUT2D eigenvalue weighted by atomic mass is 32.1. The summed E-state index contributed by atoms with van der Waals surface area (Å²) in [7, 11) is 0. The Morgan fingerprint density at radius 2 is 2.50 bits per heavy atom. The molecule has 1 aliphatic rings. The van der Waals surface area contributed by atoms with Crippen molar-refractivity contribution in [3.8, 4) is 0 Å². The van der Waals surface area contributed by atoms with Crippen molar-refractivity contribution in [2.75, 3.05) is 13.1 Å². The van der Waals surface area contributed by atoms with Gasteiger partial charge in [-0.15, -0.1) is 11.3 Å². The SMILES string of the molecule is CCCC(=O)N[C@@H]1CCCN(Cc2cccs2)C1. The van der Waals surface area contributed by atoms with Crippen LogP contribution in [0.2, 0.25) is 0 Å². The van der Waals surface area contributed by atoms with Crippen LogP contribution in [0.25, 0.3) is 0 Å². The van der Waals surface area contributed by atoms with Crippen LogP contribution in [0.1, 0.15) is 37.5 Å². The number of carbonyl (C=O) groups excluding carboxylic acids is 1. The molecule has 1 aromatic heterocycles. The first-order valence-corrected chi connectivity index (χ1v) is 7.70. The third-order valence-electron chi connectivity index (χ3n) is 3.31. The molecule has 18 heavy (non-hydrogen) atoms. The summed E-state index contributed by atoms with van der Waals surface area (Å²) in [6.07, 6.45) is 3.89. The first-order chi connectivity index (χ1) is 8.78. The maximum Gasteiger partial charge on any atom is 0.220 e. The van der Waals surface area contributed by atoms with Crippen LogP contribution < -0.4 is 5.32 Å². The number of rotatable bonds is 5. The van der Waals surface area contributed by atoms with Gasteiger partial charge in [-0.1, -0.05) is 13.0 Å². The van der Waals surface area contributed by atoms with Crippen LogP contribution in [0.3, 0.4) is 0 Å². The van der Waals surface area contributed by atoms with Gasteiger partial charge in [-0.3, -0.25) is 9.69 Å². The molecule has 100 valence electrons. The van der Waals surface area contributed by atoms with Crippen molar-refractivity contribution in [3.63, 3.8) is 0 Å². The number of likely N-dealkylation sites (tertiary alicyclic amines) is 1. The summed E-state index contributed by atoms with van der Waals surface area (Å²) in [6.45, 7) is 5.22. The fraction of sp³-hybridized carbons (Fsp3) is 0.643. The van der Waals surface area contributed by atoms with Gasteiger partial charge in [-0.25, -0.2) is 0 Å². The molecule has 0 bridgehead atoms. The Labute approximate surface area is 113 Å². The summed E-state index contributed by atoms with van der Waals surface area (Å²) in [6, 6.07) is 4.63. The highest BCUT2D eigenvalue weighted by Crippen LogP contribution is 2.16. The minimum atomic E-state index is 0.209. The van der Waals surface area contributed by atoms with E-state index in [0.717, 1.165) is 32.5 Å². The molecule has 0 aromatic carbocycles. The standard InChI is InChI=1S/C14H22N2OS/c1-2-5-14(17)15-12-6-3-8-16(10-12)11-13-7-4-9-18-13/h4,7,9,12H,2-3,5-6,8,10-11H2,1H3,(H,15,17)/t12-/m1/s1. The molecular weight excluding hydrogens is 244 g/mol. The highest BCUT2D eigenvalue weighted by molar-refractivity contribution is 7.09. The zero-order valence-corrected chi connectivity index (χ0v) is 11.8. The van der Waals surface area contributed by atoms with E-state index in [1.54, 1.807) is 0 Å². The van der Waals surface area contributed by atoms with Crippen molar-refractivity contribution in [3.05, 3.63) is 22.4 Å². The molecule has 0 radical (unpaired) electrons. The molecule has 1 aromatic rings. The molecule has 1 amide bonds. The van der Waals surface area contributed by atoms with Gasteiger partial charge in [-0.05, 0) is 37.3 Å². The number of carbonyl (C=O) groups is 1. The van der Waals surface area contributed by atoms with E-state index in [0.29, 0.717) is 12.5 Å². The lowest BCUT2D eigenvalue weighted by atomic mass is 10.1. The lowest BCUT2D eigenvalue weighted by molar-refractivity contribution is -0.122. The zero-order valence-electron chi connectivity index (χ0n) is 11.0. The molecular formula is C14H22N2OS. The number of nitrogens with zero attached hydrogens (tertiary/aromatic N) is 1. The third-order valence-corrected chi connectivity index (χ3v) is 4.17. The molecule has 1 atom stereocenters. The monoisotopic (exact) mass is 266 g/mol. The number of amides is 1. The van der Waals surface area contributed by atoms with E-state index >= 15 is 0 Å². The quantitative estimate of drug-likeness (QED) is 0.888. The minimum Gasteiger partial charge on any atom is -0.352 e. The molecule has 1 aliphatic heterocycles. The Bertz CT molecular complexity index is 364. The fourth-order valence-corrected chi connectivity index (χ4v) is 3.21. The van der Waals surface area contributed by atoms with Crippen molar-refractivity contribution < 1.29 is 4.79 Å². The van der Waals surface area contributed by atoms with Crippen molar-refractivity contribution >= 4 is 17.2 Å². The number of thiophene rings is 1. The molecule has 0 saturated carbocycles. The van der Waals surface area contributed by atoms with E-state index in [1.807, 2.05) is 18.3 Å². The van der Waals surface area contributed by atoms with Gasteiger partial charge in [-0.2, -0.15) is 0 Å². The number of nitrogens with one attached hydrogen (secondary N) is 1. The third kappa shape index (κ3) is 4.10. The minimum absolute atomic E-state index is 0.209. The van der Waals surface area contributed by atoms with Crippen molar-refractivity contribution in [1.82, 2.24) is 10.2 Å². The van der Waals surface area contributed by atoms with E-state index in [4.69, 9.17) is 0 Å². The first kappa shape index (κ1) is 13.6. The summed E-state index contributed by atoms with van der Waals surface area (Å²) in [5.41, 5.74) is 0. The van der Waals surface area contributed by atoms with Gasteiger partial charge in [0, 0.05) is 30.4 Å². The van der Waals surface area contributed by atoms with Crippen LogP contribution >= 0.6 is 11.3 Å². The second kappa shape index (κ2) is 6.90. The molecule has 2 heterocycles. The Balaban J connectivity index is 1.79. The molecule has 4 heteroatoms. The van der Waals surface area contributed by atoms with E-state index in [9.17, 15) is 4.79 Å². The summed E-state index contributed by atoms with van der Waals surface area (Å²) in [4.78, 5) is 15.5. The van der Waals surface area contributed by atoms with E-state index in [2.05, 4.69) is 27.7 Å². The predicted molar refractivity (Wildman–Crippen MR) is 75.7 cm³/mol. The topological polar surface area (TPSA) is 32.3 Å². The van der Waals surface area contributed by atoms with Crippen molar-refractivity contribution in [2.45, 2.75) is 45.2 Å². The van der Waals surface area contributed by atoms with Gasteiger partial charge in [0.25, 0.3) is 0 Å². The van der Waals surface area contributed by atoms with Crippen LogP contribution in [0.5, 0.6) is 0 Å². The molecule has 1 fully saturated rings. The van der Waals surface area contributed by atoms with Gasteiger partial charge in [0.2, 0.25) is 5.91 Å². The summed E-state index contributed by atoms with van der Waals surface area (Å²) in [5, 5.41) is 5.28. The maximum atomic E-state index is 11.6. The number of hydrogen-bond acceptors (Lipinski definition) is 3. The Kier molecular flexibility index (Phi) is 5.20. The van der Waals surface area contributed by atoms with Crippen LogP contribution in [0, 0.1) is 0 Å². The van der Waals surface area contributed by atoms with Crippen molar-refractivity contribution in [1.29, 1.82) is 0 Å². The Morgan fingerprint density at radius 3 is 3.22 bits per heavy atom. The number of hydrogen-bond donors (Lipinski definition) is 1. The average molecular weight is 266 g/mol. The Hall–Kier alpha value is -0.870. The summed E-state index contributed by atoms with van der Waals surface area (Å²) >= 11 is 1.81. The first-order valence-electron chi connectivity index (χ1n) is 6.82. The van der Waals surface area contributed by atoms with Crippen LogP contribution in [0.15, 0.2) is 17.5 Å². The molecule has 2 rings (SSSR count). The molecule has 0 spiro atoms. The summed E-state index contributed by atoms with van der Waals surface area (Å²) < 4.78 is 0. The second-order valence-electron chi connectivity index (χ2n) is 4.97. The van der Waals surface area contributed by atoms with Crippen LogP contribution in [0.4, 0.5) is 0 Å². The molecule has 0 unspecified atom stereocenters. The average Bonchev–Trinajstić information content (AvgIpc) is 2.82. The van der Waals surface area contributed by atoms with E-state index < -0.39 is 0 Å². The van der Waals surface area contributed by atoms with Gasteiger partial charge >= 0.3 is 0 Å².